The summed E-state index contributed by atoms with van der Waals surface area (Å²) >= 11 is 0. The Kier molecular flexibility index (Phi) is 5.29. The van der Waals surface area contributed by atoms with E-state index in [0.29, 0.717) is 43.1 Å². The van der Waals surface area contributed by atoms with E-state index in [9.17, 15) is 14.4 Å². The molecule has 0 bridgehead atoms. The molecular formula is C22H20N2O5. The summed E-state index contributed by atoms with van der Waals surface area (Å²) in [6.45, 7) is 1.79. The molecule has 0 saturated carbocycles. The molecule has 1 aliphatic rings. The zero-order valence-corrected chi connectivity index (χ0v) is 15.7. The van der Waals surface area contributed by atoms with Crippen molar-refractivity contribution in [1.82, 2.24) is 9.80 Å². The van der Waals surface area contributed by atoms with Crippen molar-refractivity contribution in [3.63, 3.8) is 0 Å². The van der Waals surface area contributed by atoms with Crippen LogP contribution in [0.15, 0.2) is 69.9 Å². The van der Waals surface area contributed by atoms with Crippen molar-refractivity contribution < 1.29 is 18.7 Å². The van der Waals surface area contributed by atoms with E-state index in [2.05, 4.69) is 0 Å². The Hall–Kier alpha value is -3.61. The molecule has 1 saturated heterocycles. The van der Waals surface area contributed by atoms with Crippen LogP contribution in [0.25, 0.3) is 11.0 Å². The topological polar surface area (TPSA) is 80.1 Å². The van der Waals surface area contributed by atoms with E-state index in [-0.39, 0.29) is 18.4 Å². The highest BCUT2D eigenvalue weighted by molar-refractivity contribution is 5.94. The lowest BCUT2D eigenvalue weighted by Crippen LogP contribution is -2.51. The summed E-state index contributed by atoms with van der Waals surface area (Å²) in [4.78, 5) is 39.7. The second-order valence-electron chi connectivity index (χ2n) is 6.78. The summed E-state index contributed by atoms with van der Waals surface area (Å²) in [6, 6.07) is 17.2. The molecule has 0 N–H and O–H groups in total. The number of rotatable bonds is 4. The molecule has 4 rings (SSSR count). The largest absolute Gasteiger partial charge is 0.484 e. The normalized spacial score (nSPS) is 14.1. The van der Waals surface area contributed by atoms with Crippen LogP contribution in [0.2, 0.25) is 0 Å². The fraction of sp³-hybridized carbons (Fsp3) is 0.227. The van der Waals surface area contributed by atoms with Gasteiger partial charge in [0, 0.05) is 49.3 Å². The quantitative estimate of drug-likeness (QED) is 0.636. The van der Waals surface area contributed by atoms with Gasteiger partial charge in [-0.15, -0.1) is 0 Å². The standard InChI is InChI=1S/C22H20N2O5/c25-20(15-28-18-8-6-16-7-9-21(26)29-19(16)14-18)23-10-12-24(13-11-23)22(27)17-4-2-1-3-5-17/h1-9,14H,10-13,15H2. The van der Waals surface area contributed by atoms with Gasteiger partial charge < -0.3 is 19.0 Å². The minimum atomic E-state index is -0.436. The number of carbonyl (C=O) groups excluding carboxylic acids is 2. The van der Waals surface area contributed by atoms with E-state index < -0.39 is 5.63 Å². The predicted molar refractivity (Wildman–Crippen MR) is 107 cm³/mol. The van der Waals surface area contributed by atoms with Gasteiger partial charge in [0.1, 0.15) is 11.3 Å². The lowest BCUT2D eigenvalue weighted by Gasteiger charge is -2.34. The maximum absolute atomic E-state index is 12.5. The zero-order valence-electron chi connectivity index (χ0n) is 15.7. The second kappa shape index (κ2) is 8.18. The van der Waals surface area contributed by atoms with Crippen molar-refractivity contribution >= 4 is 22.8 Å². The van der Waals surface area contributed by atoms with E-state index in [0.717, 1.165) is 5.39 Å². The van der Waals surface area contributed by atoms with E-state index in [1.165, 1.54) is 6.07 Å². The van der Waals surface area contributed by atoms with Crippen molar-refractivity contribution in [3.05, 3.63) is 76.6 Å². The van der Waals surface area contributed by atoms with Crippen molar-refractivity contribution in [2.75, 3.05) is 32.8 Å². The SMILES string of the molecule is O=C(COc1ccc2ccc(=O)oc2c1)N1CCN(C(=O)c2ccccc2)CC1. The van der Waals surface area contributed by atoms with Crippen molar-refractivity contribution in [2.45, 2.75) is 0 Å². The third-order valence-electron chi connectivity index (χ3n) is 4.90. The Balaban J connectivity index is 1.31. The van der Waals surface area contributed by atoms with Gasteiger partial charge in [0.25, 0.3) is 11.8 Å². The van der Waals surface area contributed by atoms with Crippen molar-refractivity contribution in [1.29, 1.82) is 0 Å². The highest BCUT2D eigenvalue weighted by Crippen LogP contribution is 2.19. The van der Waals surface area contributed by atoms with E-state index in [1.807, 2.05) is 18.2 Å². The Morgan fingerprint density at radius 3 is 2.34 bits per heavy atom. The lowest BCUT2D eigenvalue weighted by atomic mass is 10.2. The number of hydrogen-bond acceptors (Lipinski definition) is 5. The molecule has 0 spiro atoms. The molecule has 1 aliphatic heterocycles. The third kappa shape index (κ3) is 4.29. The Morgan fingerprint density at radius 1 is 0.897 bits per heavy atom. The molecule has 0 radical (unpaired) electrons. The summed E-state index contributed by atoms with van der Waals surface area (Å²) in [5.41, 5.74) is 0.627. The minimum Gasteiger partial charge on any atom is -0.484 e. The molecule has 2 amide bonds. The maximum Gasteiger partial charge on any atom is 0.336 e. The van der Waals surface area contributed by atoms with Gasteiger partial charge in [0.05, 0.1) is 0 Å². The summed E-state index contributed by atoms with van der Waals surface area (Å²) in [5.74, 6) is 0.288. The number of fused-ring (bicyclic) bond motifs is 1. The molecule has 7 nitrogen and oxygen atoms in total. The van der Waals surface area contributed by atoms with Crippen LogP contribution >= 0.6 is 0 Å². The van der Waals surface area contributed by atoms with Crippen LogP contribution in [-0.2, 0) is 4.79 Å². The smallest absolute Gasteiger partial charge is 0.336 e. The van der Waals surface area contributed by atoms with Gasteiger partial charge in [0.2, 0.25) is 0 Å². The minimum absolute atomic E-state index is 0.0217. The molecule has 0 unspecified atom stereocenters. The van der Waals surface area contributed by atoms with Crippen LogP contribution < -0.4 is 10.4 Å². The highest BCUT2D eigenvalue weighted by Gasteiger charge is 2.25. The molecule has 1 aromatic heterocycles. The summed E-state index contributed by atoms with van der Waals surface area (Å²) in [7, 11) is 0. The molecule has 2 aromatic carbocycles. The lowest BCUT2D eigenvalue weighted by molar-refractivity contribution is -0.134. The average molecular weight is 392 g/mol. The van der Waals surface area contributed by atoms with Gasteiger partial charge >= 0.3 is 5.63 Å². The number of ether oxygens (including phenoxy) is 1. The summed E-state index contributed by atoms with van der Waals surface area (Å²) < 4.78 is 10.7. The van der Waals surface area contributed by atoms with Gasteiger partial charge in [-0.3, -0.25) is 9.59 Å². The Labute approximate surface area is 167 Å². The van der Waals surface area contributed by atoms with Crippen LogP contribution in [0.4, 0.5) is 0 Å². The van der Waals surface area contributed by atoms with E-state index in [1.54, 1.807) is 46.2 Å². The first kappa shape index (κ1) is 18.7. The van der Waals surface area contributed by atoms with Gasteiger partial charge in [-0.05, 0) is 30.3 Å². The predicted octanol–water partition coefficient (Wildman–Crippen LogP) is 2.16. The van der Waals surface area contributed by atoms with Crippen LogP contribution in [0.5, 0.6) is 5.75 Å². The fourth-order valence-corrected chi connectivity index (χ4v) is 3.29. The van der Waals surface area contributed by atoms with Crippen LogP contribution in [0, 0.1) is 0 Å². The molecular weight excluding hydrogens is 372 g/mol. The first-order valence-electron chi connectivity index (χ1n) is 9.39. The first-order valence-corrected chi connectivity index (χ1v) is 9.39. The molecule has 0 atom stereocenters. The Morgan fingerprint density at radius 2 is 1.59 bits per heavy atom. The van der Waals surface area contributed by atoms with E-state index >= 15 is 0 Å². The van der Waals surface area contributed by atoms with Crippen molar-refractivity contribution in [3.8, 4) is 5.75 Å². The molecule has 2 heterocycles. The molecule has 3 aromatic rings. The molecule has 1 fully saturated rings. The summed E-state index contributed by atoms with van der Waals surface area (Å²) in [5, 5.41) is 0.780. The first-order chi connectivity index (χ1) is 14.1. The number of nitrogens with zero attached hydrogens (tertiary/aromatic N) is 2. The number of piperazine rings is 1. The molecule has 29 heavy (non-hydrogen) atoms. The fourth-order valence-electron chi connectivity index (χ4n) is 3.29. The van der Waals surface area contributed by atoms with Crippen LogP contribution in [0.3, 0.4) is 0 Å². The van der Waals surface area contributed by atoms with Gasteiger partial charge in [-0.1, -0.05) is 18.2 Å². The molecule has 148 valence electrons. The molecule has 7 heteroatoms. The number of carbonyl (C=O) groups is 2. The highest BCUT2D eigenvalue weighted by atomic mass is 16.5. The number of benzene rings is 2. The molecule has 0 aliphatic carbocycles. The monoisotopic (exact) mass is 392 g/mol. The second-order valence-corrected chi connectivity index (χ2v) is 6.78. The third-order valence-corrected chi connectivity index (χ3v) is 4.90. The van der Waals surface area contributed by atoms with E-state index in [4.69, 9.17) is 9.15 Å². The number of amides is 2. The van der Waals surface area contributed by atoms with Gasteiger partial charge in [0.15, 0.2) is 6.61 Å². The number of hydrogen-bond donors (Lipinski definition) is 0. The van der Waals surface area contributed by atoms with Crippen molar-refractivity contribution in [2.24, 2.45) is 0 Å². The van der Waals surface area contributed by atoms with Crippen LogP contribution in [0.1, 0.15) is 10.4 Å². The average Bonchev–Trinajstić information content (AvgIpc) is 2.77. The van der Waals surface area contributed by atoms with Gasteiger partial charge in [-0.25, -0.2) is 4.79 Å². The van der Waals surface area contributed by atoms with Gasteiger partial charge in [-0.2, -0.15) is 0 Å². The van der Waals surface area contributed by atoms with Crippen LogP contribution in [-0.4, -0.2) is 54.4 Å². The summed E-state index contributed by atoms with van der Waals surface area (Å²) in [6.07, 6.45) is 0. The Bertz CT molecular complexity index is 1090. The maximum atomic E-state index is 12.5. The zero-order chi connectivity index (χ0) is 20.2.